The van der Waals surface area contributed by atoms with Gasteiger partial charge >= 0.3 is 5.97 Å². The van der Waals surface area contributed by atoms with E-state index >= 15 is 0 Å². The van der Waals surface area contributed by atoms with Crippen LogP contribution in [0.25, 0.3) is 6.08 Å². The number of hydrogen-bond acceptors (Lipinski definition) is 4. The van der Waals surface area contributed by atoms with Gasteiger partial charge in [0.2, 0.25) is 0 Å². The molecule has 1 N–H and O–H groups in total. The van der Waals surface area contributed by atoms with Gasteiger partial charge in [-0.25, -0.2) is 4.79 Å². The topological polar surface area (TPSA) is 73.2 Å². The van der Waals surface area contributed by atoms with E-state index in [0.29, 0.717) is 16.4 Å². The first-order valence-electron chi connectivity index (χ1n) is 8.85. The molecule has 0 atom stereocenters. The number of nitrogens with zero attached hydrogens (tertiary/aromatic N) is 2. The van der Waals surface area contributed by atoms with Crippen molar-refractivity contribution in [1.29, 1.82) is 0 Å². The van der Waals surface area contributed by atoms with E-state index in [9.17, 15) is 9.59 Å². The summed E-state index contributed by atoms with van der Waals surface area (Å²) in [6.45, 7) is 6.22. The molecule has 7 heteroatoms. The largest absolute Gasteiger partial charge is 0.452 e. The number of benzene rings is 1. The third-order valence-electron chi connectivity index (χ3n) is 3.87. The number of rotatable bonds is 8. The number of carbonyl (C=O) groups excluding carboxylic acids is 2. The molecule has 2 aromatic rings. The number of anilines is 1. The highest BCUT2D eigenvalue weighted by Crippen LogP contribution is 2.21. The quantitative estimate of drug-likeness (QED) is 0.543. The summed E-state index contributed by atoms with van der Waals surface area (Å²) < 4.78 is 6.69. The number of esters is 1. The molecule has 6 nitrogen and oxygen atoms in total. The van der Waals surface area contributed by atoms with Crippen LogP contribution in [0, 0.1) is 13.8 Å². The Morgan fingerprint density at radius 3 is 2.81 bits per heavy atom. The third-order valence-corrected chi connectivity index (χ3v) is 4.26. The predicted molar refractivity (Wildman–Crippen MR) is 107 cm³/mol. The van der Waals surface area contributed by atoms with E-state index in [-0.39, 0.29) is 6.61 Å². The standard InChI is InChI=1S/C20H24ClN3O3/c1-4-5-11-24-20(21)17(15(3)23-24)9-10-19(26)27-13-18(25)22-16-8-6-7-14(2)12-16/h6-10,12H,4-5,11,13H2,1-3H3,(H,22,25)/b10-9+. The molecule has 0 unspecified atom stereocenters. The summed E-state index contributed by atoms with van der Waals surface area (Å²) in [6, 6.07) is 7.37. The summed E-state index contributed by atoms with van der Waals surface area (Å²) in [6.07, 6.45) is 4.83. The van der Waals surface area contributed by atoms with Crippen LogP contribution in [-0.2, 0) is 20.9 Å². The van der Waals surface area contributed by atoms with Crippen molar-refractivity contribution in [3.8, 4) is 0 Å². The average molecular weight is 390 g/mol. The summed E-state index contributed by atoms with van der Waals surface area (Å²) in [5.74, 6) is -1.02. The summed E-state index contributed by atoms with van der Waals surface area (Å²) in [7, 11) is 0. The number of aromatic nitrogens is 2. The minimum absolute atomic E-state index is 0.362. The van der Waals surface area contributed by atoms with Crippen molar-refractivity contribution < 1.29 is 14.3 Å². The zero-order valence-corrected chi connectivity index (χ0v) is 16.5. The number of carbonyl (C=O) groups is 2. The van der Waals surface area contributed by atoms with Gasteiger partial charge in [0.25, 0.3) is 5.91 Å². The predicted octanol–water partition coefficient (Wildman–Crippen LogP) is 4.15. The maximum atomic E-state index is 11.9. The number of ether oxygens (including phenoxy) is 1. The Bertz CT molecular complexity index is 843. The lowest BCUT2D eigenvalue weighted by Crippen LogP contribution is -2.20. The van der Waals surface area contributed by atoms with Gasteiger partial charge in [0.05, 0.1) is 5.69 Å². The Balaban J connectivity index is 1.88. The molecule has 0 spiro atoms. The van der Waals surface area contributed by atoms with Crippen molar-refractivity contribution >= 4 is 35.2 Å². The van der Waals surface area contributed by atoms with E-state index in [1.54, 1.807) is 16.8 Å². The molecular weight excluding hydrogens is 366 g/mol. The molecule has 0 aliphatic rings. The fourth-order valence-corrected chi connectivity index (χ4v) is 2.79. The Kier molecular flexibility index (Phi) is 7.61. The number of hydrogen-bond donors (Lipinski definition) is 1. The van der Waals surface area contributed by atoms with Gasteiger partial charge < -0.3 is 10.1 Å². The highest BCUT2D eigenvalue weighted by Gasteiger charge is 2.11. The number of halogens is 1. The normalized spacial score (nSPS) is 11.0. The van der Waals surface area contributed by atoms with Crippen molar-refractivity contribution in [1.82, 2.24) is 9.78 Å². The van der Waals surface area contributed by atoms with Crippen LogP contribution in [0.3, 0.4) is 0 Å². The van der Waals surface area contributed by atoms with Crippen LogP contribution in [0.5, 0.6) is 0 Å². The lowest BCUT2D eigenvalue weighted by atomic mass is 10.2. The molecule has 1 aromatic heterocycles. The van der Waals surface area contributed by atoms with Gasteiger partial charge in [0, 0.05) is 23.9 Å². The van der Waals surface area contributed by atoms with Gasteiger partial charge in [0.15, 0.2) is 6.61 Å². The minimum Gasteiger partial charge on any atom is -0.452 e. The van der Waals surface area contributed by atoms with Crippen molar-refractivity contribution in [2.24, 2.45) is 0 Å². The highest BCUT2D eigenvalue weighted by molar-refractivity contribution is 6.31. The number of aryl methyl sites for hydroxylation is 3. The maximum absolute atomic E-state index is 11.9. The van der Waals surface area contributed by atoms with Crippen molar-refractivity contribution in [3.05, 3.63) is 52.3 Å². The van der Waals surface area contributed by atoms with Crippen LogP contribution >= 0.6 is 11.6 Å². The summed E-state index contributed by atoms with van der Waals surface area (Å²) in [4.78, 5) is 23.7. The molecule has 1 heterocycles. The van der Waals surface area contributed by atoms with E-state index in [1.165, 1.54) is 6.08 Å². The van der Waals surface area contributed by atoms with Gasteiger partial charge in [-0.15, -0.1) is 0 Å². The lowest BCUT2D eigenvalue weighted by molar-refractivity contribution is -0.142. The van der Waals surface area contributed by atoms with Gasteiger partial charge in [-0.3, -0.25) is 9.48 Å². The molecule has 0 saturated heterocycles. The van der Waals surface area contributed by atoms with E-state index in [2.05, 4.69) is 17.3 Å². The zero-order valence-electron chi connectivity index (χ0n) is 15.8. The van der Waals surface area contributed by atoms with E-state index in [4.69, 9.17) is 16.3 Å². The molecule has 144 valence electrons. The summed E-state index contributed by atoms with van der Waals surface area (Å²) in [5.41, 5.74) is 3.10. The van der Waals surface area contributed by atoms with Crippen LogP contribution in [0.4, 0.5) is 5.69 Å². The van der Waals surface area contributed by atoms with Crippen LogP contribution < -0.4 is 5.32 Å². The summed E-state index contributed by atoms with van der Waals surface area (Å²) in [5, 5.41) is 7.54. The Morgan fingerprint density at radius 1 is 1.33 bits per heavy atom. The molecule has 0 aliphatic carbocycles. The average Bonchev–Trinajstić information content (AvgIpc) is 2.89. The first kappa shape index (κ1) is 20.7. The molecule has 27 heavy (non-hydrogen) atoms. The SMILES string of the molecule is CCCCn1nc(C)c(/C=C/C(=O)OCC(=O)Nc2cccc(C)c2)c1Cl. The molecule has 0 aliphatic heterocycles. The Morgan fingerprint density at radius 2 is 2.11 bits per heavy atom. The Labute approximate surface area is 164 Å². The van der Waals surface area contributed by atoms with Crippen molar-refractivity contribution in [2.75, 3.05) is 11.9 Å². The second-order valence-electron chi connectivity index (χ2n) is 6.23. The molecule has 0 bridgehead atoms. The first-order valence-corrected chi connectivity index (χ1v) is 9.22. The van der Waals surface area contributed by atoms with Crippen LogP contribution in [-0.4, -0.2) is 28.3 Å². The molecule has 0 radical (unpaired) electrons. The maximum Gasteiger partial charge on any atom is 0.331 e. The van der Waals surface area contributed by atoms with Crippen molar-refractivity contribution in [2.45, 2.75) is 40.2 Å². The van der Waals surface area contributed by atoms with Gasteiger partial charge in [0.1, 0.15) is 5.15 Å². The Hall–Kier alpha value is -2.60. The third kappa shape index (κ3) is 6.25. The van der Waals surface area contributed by atoms with Gasteiger partial charge in [-0.05, 0) is 44.0 Å². The number of nitrogens with one attached hydrogen (secondary N) is 1. The molecule has 1 amide bonds. The van der Waals surface area contributed by atoms with Gasteiger partial charge in [-0.2, -0.15) is 5.10 Å². The van der Waals surface area contributed by atoms with E-state index in [0.717, 1.165) is 30.6 Å². The number of unbranched alkanes of at least 4 members (excludes halogenated alkanes) is 1. The number of amides is 1. The minimum atomic E-state index is -0.619. The van der Waals surface area contributed by atoms with E-state index in [1.807, 2.05) is 32.0 Å². The van der Waals surface area contributed by atoms with Crippen LogP contribution in [0.15, 0.2) is 30.3 Å². The summed E-state index contributed by atoms with van der Waals surface area (Å²) >= 11 is 6.31. The first-order chi connectivity index (χ1) is 12.9. The zero-order chi connectivity index (χ0) is 19.8. The lowest BCUT2D eigenvalue weighted by Gasteiger charge is -2.06. The highest BCUT2D eigenvalue weighted by atomic mass is 35.5. The molecule has 0 saturated carbocycles. The van der Waals surface area contributed by atoms with Crippen molar-refractivity contribution in [3.63, 3.8) is 0 Å². The molecule has 1 aromatic carbocycles. The van der Waals surface area contributed by atoms with Gasteiger partial charge in [-0.1, -0.05) is 37.1 Å². The van der Waals surface area contributed by atoms with Crippen LogP contribution in [0.1, 0.15) is 36.6 Å². The second-order valence-corrected chi connectivity index (χ2v) is 6.58. The van der Waals surface area contributed by atoms with E-state index < -0.39 is 11.9 Å². The fraction of sp³-hybridized carbons (Fsp3) is 0.350. The van der Waals surface area contributed by atoms with Crippen LogP contribution in [0.2, 0.25) is 5.15 Å². The molecular formula is C20H24ClN3O3. The molecule has 2 rings (SSSR count). The molecule has 0 fully saturated rings. The smallest absolute Gasteiger partial charge is 0.331 e. The fourth-order valence-electron chi connectivity index (χ4n) is 2.47. The second kappa shape index (κ2) is 9.92. The monoisotopic (exact) mass is 389 g/mol.